The summed E-state index contributed by atoms with van der Waals surface area (Å²) in [7, 11) is 3.17. The molecular formula is C12H14O3. The van der Waals surface area contributed by atoms with E-state index in [-0.39, 0.29) is 11.7 Å². The molecule has 1 aliphatic carbocycles. The van der Waals surface area contributed by atoms with Crippen LogP contribution in [-0.2, 0) is 0 Å². The van der Waals surface area contributed by atoms with E-state index in [4.69, 9.17) is 9.47 Å². The first-order valence-corrected chi connectivity index (χ1v) is 5.02. The zero-order valence-corrected chi connectivity index (χ0v) is 8.95. The van der Waals surface area contributed by atoms with Gasteiger partial charge in [0.15, 0.2) is 5.78 Å². The smallest absolute Gasteiger partial charge is 0.169 e. The number of ether oxygens (including phenoxy) is 2. The molecule has 0 aliphatic heterocycles. The Morgan fingerprint density at radius 1 is 1.27 bits per heavy atom. The standard InChI is InChI=1S/C12H14O3/c1-14-9-5-6-11(15-2)10(7-9)12(13)8-3-4-8/h5-8H,3-4H2,1-2H3. The summed E-state index contributed by atoms with van der Waals surface area (Å²) in [5, 5.41) is 0. The second kappa shape index (κ2) is 3.93. The molecule has 0 radical (unpaired) electrons. The number of hydrogen-bond donors (Lipinski definition) is 0. The van der Waals surface area contributed by atoms with Gasteiger partial charge in [-0.2, -0.15) is 0 Å². The van der Waals surface area contributed by atoms with Gasteiger partial charge in [-0.1, -0.05) is 0 Å². The van der Waals surface area contributed by atoms with Crippen molar-refractivity contribution in [3.05, 3.63) is 23.8 Å². The summed E-state index contributed by atoms with van der Waals surface area (Å²) in [4.78, 5) is 11.9. The molecule has 0 unspecified atom stereocenters. The molecular weight excluding hydrogens is 192 g/mol. The number of ketones is 1. The van der Waals surface area contributed by atoms with Gasteiger partial charge in [-0.05, 0) is 31.0 Å². The number of methoxy groups -OCH3 is 2. The highest BCUT2D eigenvalue weighted by Crippen LogP contribution is 2.36. The Kier molecular flexibility index (Phi) is 2.62. The summed E-state index contributed by atoms with van der Waals surface area (Å²) in [6.45, 7) is 0. The van der Waals surface area contributed by atoms with Crippen LogP contribution in [0, 0.1) is 5.92 Å². The van der Waals surface area contributed by atoms with Gasteiger partial charge < -0.3 is 9.47 Å². The minimum atomic E-state index is 0.172. The van der Waals surface area contributed by atoms with Gasteiger partial charge in [-0.15, -0.1) is 0 Å². The zero-order chi connectivity index (χ0) is 10.8. The lowest BCUT2D eigenvalue weighted by Gasteiger charge is -2.08. The van der Waals surface area contributed by atoms with Gasteiger partial charge in [0.1, 0.15) is 11.5 Å². The topological polar surface area (TPSA) is 35.5 Å². The van der Waals surface area contributed by atoms with Crippen molar-refractivity contribution < 1.29 is 14.3 Å². The van der Waals surface area contributed by atoms with Crippen molar-refractivity contribution in [1.29, 1.82) is 0 Å². The highest BCUT2D eigenvalue weighted by molar-refractivity contribution is 6.02. The Bertz CT molecular complexity index is 380. The van der Waals surface area contributed by atoms with E-state index in [0.717, 1.165) is 12.8 Å². The van der Waals surface area contributed by atoms with Crippen molar-refractivity contribution in [2.75, 3.05) is 14.2 Å². The largest absolute Gasteiger partial charge is 0.497 e. The van der Waals surface area contributed by atoms with Gasteiger partial charge in [0, 0.05) is 5.92 Å². The maximum absolute atomic E-state index is 11.9. The predicted octanol–water partition coefficient (Wildman–Crippen LogP) is 2.30. The predicted molar refractivity (Wildman–Crippen MR) is 56.6 cm³/mol. The van der Waals surface area contributed by atoms with E-state index in [1.54, 1.807) is 32.4 Å². The fourth-order valence-corrected chi connectivity index (χ4v) is 1.57. The molecule has 1 aromatic rings. The van der Waals surface area contributed by atoms with Crippen molar-refractivity contribution in [2.24, 2.45) is 5.92 Å². The molecule has 0 aromatic heterocycles. The Hall–Kier alpha value is -1.51. The zero-order valence-electron chi connectivity index (χ0n) is 8.95. The van der Waals surface area contributed by atoms with Crippen LogP contribution in [0.3, 0.4) is 0 Å². The Balaban J connectivity index is 2.36. The van der Waals surface area contributed by atoms with Crippen LogP contribution in [0.2, 0.25) is 0 Å². The number of benzene rings is 1. The minimum Gasteiger partial charge on any atom is -0.497 e. The fourth-order valence-electron chi connectivity index (χ4n) is 1.57. The first-order chi connectivity index (χ1) is 7.26. The second-order valence-corrected chi connectivity index (χ2v) is 3.70. The summed E-state index contributed by atoms with van der Waals surface area (Å²) < 4.78 is 10.3. The fraction of sp³-hybridized carbons (Fsp3) is 0.417. The van der Waals surface area contributed by atoms with Crippen molar-refractivity contribution >= 4 is 5.78 Å². The molecule has 0 amide bonds. The van der Waals surface area contributed by atoms with Crippen LogP contribution in [0.1, 0.15) is 23.2 Å². The van der Waals surface area contributed by atoms with E-state index in [2.05, 4.69) is 0 Å². The second-order valence-electron chi connectivity index (χ2n) is 3.70. The number of carbonyl (C=O) groups excluding carboxylic acids is 1. The van der Waals surface area contributed by atoms with Crippen LogP contribution in [0.5, 0.6) is 11.5 Å². The van der Waals surface area contributed by atoms with Gasteiger partial charge in [0.25, 0.3) is 0 Å². The summed E-state index contributed by atoms with van der Waals surface area (Å²) in [6, 6.07) is 5.32. The summed E-state index contributed by atoms with van der Waals surface area (Å²) >= 11 is 0. The Morgan fingerprint density at radius 2 is 2.00 bits per heavy atom. The van der Waals surface area contributed by atoms with Gasteiger partial charge in [0.2, 0.25) is 0 Å². The normalized spacial score (nSPS) is 14.8. The lowest BCUT2D eigenvalue weighted by Crippen LogP contribution is -2.04. The molecule has 0 saturated heterocycles. The monoisotopic (exact) mass is 206 g/mol. The maximum Gasteiger partial charge on any atom is 0.169 e. The molecule has 1 fully saturated rings. The maximum atomic E-state index is 11.9. The quantitative estimate of drug-likeness (QED) is 0.709. The molecule has 0 heterocycles. The van der Waals surface area contributed by atoms with Crippen LogP contribution in [-0.4, -0.2) is 20.0 Å². The minimum absolute atomic E-state index is 0.172. The molecule has 3 heteroatoms. The van der Waals surface area contributed by atoms with Crippen LogP contribution < -0.4 is 9.47 Å². The molecule has 0 atom stereocenters. The highest BCUT2D eigenvalue weighted by atomic mass is 16.5. The third-order valence-corrected chi connectivity index (χ3v) is 2.62. The number of Topliss-reactive ketones (excluding diaryl/α,β-unsaturated/α-hetero) is 1. The summed E-state index contributed by atoms with van der Waals surface area (Å²) in [5.74, 6) is 1.70. The molecule has 80 valence electrons. The van der Waals surface area contributed by atoms with E-state index < -0.39 is 0 Å². The van der Waals surface area contributed by atoms with E-state index in [0.29, 0.717) is 17.1 Å². The third-order valence-electron chi connectivity index (χ3n) is 2.62. The van der Waals surface area contributed by atoms with Gasteiger partial charge in [-0.3, -0.25) is 4.79 Å². The molecule has 1 aliphatic rings. The van der Waals surface area contributed by atoms with Crippen molar-refractivity contribution in [1.82, 2.24) is 0 Å². The molecule has 3 nitrogen and oxygen atoms in total. The number of hydrogen-bond acceptors (Lipinski definition) is 3. The van der Waals surface area contributed by atoms with E-state index >= 15 is 0 Å². The van der Waals surface area contributed by atoms with E-state index in [1.807, 2.05) is 0 Å². The van der Waals surface area contributed by atoms with Crippen LogP contribution in [0.15, 0.2) is 18.2 Å². The molecule has 0 bridgehead atoms. The van der Waals surface area contributed by atoms with Gasteiger partial charge in [-0.25, -0.2) is 0 Å². The SMILES string of the molecule is COc1ccc(OC)c(C(=O)C2CC2)c1. The number of carbonyl (C=O) groups is 1. The highest BCUT2D eigenvalue weighted by Gasteiger charge is 2.32. The molecule has 1 saturated carbocycles. The number of rotatable bonds is 4. The first-order valence-electron chi connectivity index (χ1n) is 5.02. The molecule has 1 aromatic carbocycles. The molecule has 2 rings (SSSR count). The first kappa shape index (κ1) is 10.0. The van der Waals surface area contributed by atoms with Crippen LogP contribution in [0.4, 0.5) is 0 Å². The van der Waals surface area contributed by atoms with Crippen LogP contribution in [0.25, 0.3) is 0 Å². The lowest BCUT2D eigenvalue weighted by molar-refractivity contribution is 0.0964. The molecule has 0 spiro atoms. The third kappa shape index (κ3) is 1.96. The van der Waals surface area contributed by atoms with E-state index in [9.17, 15) is 4.79 Å². The lowest BCUT2D eigenvalue weighted by atomic mass is 10.1. The Labute approximate surface area is 89.0 Å². The van der Waals surface area contributed by atoms with Gasteiger partial charge >= 0.3 is 0 Å². The average molecular weight is 206 g/mol. The molecule has 0 N–H and O–H groups in total. The average Bonchev–Trinajstić information content (AvgIpc) is 3.11. The van der Waals surface area contributed by atoms with Gasteiger partial charge in [0.05, 0.1) is 19.8 Å². The Morgan fingerprint density at radius 3 is 2.53 bits per heavy atom. The van der Waals surface area contributed by atoms with Crippen LogP contribution >= 0.6 is 0 Å². The van der Waals surface area contributed by atoms with Crippen molar-refractivity contribution in [3.8, 4) is 11.5 Å². The van der Waals surface area contributed by atoms with Crippen molar-refractivity contribution in [2.45, 2.75) is 12.8 Å². The van der Waals surface area contributed by atoms with E-state index in [1.165, 1.54) is 0 Å². The van der Waals surface area contributed by atoms with Crippen molar-refractivity contribution in [3.63, 3.8) is 0 Å². The summed E-state index contributed by atoms with van der Waals surface area (Å²) in [5.41, 5.74) is 0.638. The molecule has 15 heavy (non-hydrogen) atoms. The summed E-state index contributed by atoms with van der Waals surface area (Å²) in [6.07, 6.45) is 2.00.